The summed E-state index contributed by atoms with van der Waals surface area (Å²) in [6.45, 7) is 6.30. The van der Waals surface area contributed by atoms with Crippen LogP contribution in [0.15, 0.2) is 4.52 Å². The molecule has 1 N–H and O–H groups in total. The average Bonchev–Trinajstić information content (AvgIpc) is 3.10. The molecule has 0 spiro atoms. The van der Waals surface area contributed by atoms with Crippen LogP contribution >= 0.6 is 0 Å². The predicted molar refractivity (Wildman–Crippen MR) is 80.1 cm³/mol. The fourth-order valence-electron chi connectivity index (χ4n) is 3.06. The van der Waals surface area contributed by atoms with E-state index in [1.807, 2.05) is 13.8 Å². The Labute approximate surface area is 130 Å². The highest BCUT2D eigenvalue weighted by Gasteiger charge is 2.28. The van der Waals surface area contributed by atoms with Gasteiger partial charge in [-0.15, -0.1) is 0 Å². The number of ether oxygens (including phenoxy) is 1. The molecule has 0 bridgehead atoms. The van der Waals surface area contributed by atoms with E-state index in [0.29, 0.717) is 6.61 Å². The molecular formula is C15H23N5O2. The van der Waals surface area contributed by atoms with Gasteiger partial charge in [-0.1, -0.05) is 11.6 Å². The van der Waals surface area contributed by atoms with E-state index in [1.54, 1.807) is 7.11 Å². The van der Waals surface area contributed by atoms with Crippen LogP contribution in [0.2, 0.25) is 0 Å². The first-order valence-corrected chi connectivity index (χ1v) is 7.75. The Balaban J connectivity index is 1.78. The van der Waals surface area contributed by atoms with Crippen LogP contribution in [0.4, 0.5) is 0 Å². The molecule has 0 amide bonds. The Hall–Kier alpha value is -1.73. The number of rotatable bonds is 5. The topological polar surface area (TPSA) is 80.1 Å². The molecule has 0 aromatic carbocycles. The van der Waals surface area contributed by atoms with Crippen LogP contribution in [0.5, 0.6) is 0 Å². The molecule has 0 radical (unpaired) electrons. The third-order valence-electron chi connectivity index (χ3n) is 4.28. The number of aromatic amines is 1. The maximum Gasteiger partial charge on any atom is 0.167 e. The molecule has 0 saturated carbocycles. The smallest absolute Gasteiger partial charge is 0.167 e. The number of H-pyrrole nitrogens is 1. The minimum absolute atomic E-state index is 0.240. The average molecular weight is 305 g/mol. The number of aryl methyl sites for hydroxylation is 2. The first-order valence-electron chi connectivity index (χ1n) is 7.75. The second-order valence-corrected chi connectivity index (χ2v) is 5.86. The molecule has 1 aliphatic rings. The lowest BCUT2D eigenvalue weighted by atomic mass is 10.0. The highest BCUT2D eigenvalue weighted by molar-refractivity contribution is 5.21. The molecule has 22 heavy (non-hydrogen) atoms. The number of aromatic nitrogens is 4. The quantitative estimate of drug-likeness (QED) is 0.913. The van der Waals surface area contributed by atoms with Gasteiger partial charge in [-0.3, -0.25) is 10.00 Å². The van der Waals surface area contributed by atoms with Gasteiger partial charge in [-0.2, -0.15) is 5.10 Å². The third kappa shape index (κ3) is 3.05. The number of methoxy groups -OCH3 is 1. The van der Waals surface area contributed by atoms with Gasteiger partial charge in [0.2, 0.25) is 0 Å². The summed E-state index contributed by atoms with van der Waals surface area (Å²) in [6.07, 6.45) is 3.49. The van der Waals surface area contributed by atoms with E-state index < -0.39 is 0 Å². The zero-order chi connectivity index (χ0) is 15.5. The number of hydrogen-bond donors (Lipinski definition) is 1. The molecule has 3 heterocycles. The lowest BCUT2D eigenvalue weighted by Gasteiger charge is -2.33. The number of nitrogens with one attached hydrogen (secondary N) is 1. The maximum absolute atomic E-state index is 5.28. The number of nitrogens with zero attached hydrogens (tertiary/aromatic N) is 4. The summed E-state index contributed by atoms with van der Waals surface area (Å²) < 4.78 is 10.4. The van der Waals surface area contributed by atoms with E-state index in [-0.39, 0.29) is 6.04 Å². The van der Waals surface area contributed by atoms with Gasteiger partial charge >= 0.3 is 0 Å². The molecule has 2 aromatic rings. The molecule has 7 heteroatoms. The first kappa shape index (κ1) is 15.2. The monoisotopic (exact) mass is 305 g/mol. The Morgan fingerprint density at radius 1 is 1.36 bits per heavy atom. The van der Waals surface area contributed by atoms with E-state index >= 15 is 0 Å². The molecular weight excluding hydrogens is 282 g/mol. The Bertz CT molecular complexity index is 602. The van der Waals surface area contributed by atoms with Gasteiger partial charge < -0.3 is 9.26 Å². The number of hydrogen-bond acceptors (Lipinski definition) is 6. The summed E-state index contributed by atoms with van der Waals surface area (Å²) >= 11 is 0. The fourth-order valence-corrected chi connectivity index (χ4v) is 3.06. The molecule has 1 aliphatic heterocycles. The largest absolute Gasteiger partial charge is 0.377 e. The second-order valence-electron chi connectivity index (χ2n) is 5.86. The predicted octanol–water partition coefficient (Wildman–Crippen LogP) is 2.28. The van der Waals surface area contributed by atoms with Crippen LogP contribution in [0, 0.1) is 13.8 Å². The van der Waals surface area contributed by atoms with Crippen molar-refractivity contribution in [1.29, 1.82) is 0 Å². The molecule has 3 rings (SSSR count). The van der Waals surface area contributed by atoms with Crippen molar-refractivity contribution in [3.8, 4) is 0 Å². The second kappa shape index (κ2) is 6.58. The molecule has 1 fully saturated rings. The number of piperidine rings is 1. The van der Waals surface area contributed by atoms with Crippen LogP contribution in [0.25, 0.3) is 0 Å². The molecule has 1 saturated heterocycles. The first-order chi connectivity index (χ1) is 10.7. The number of likely N-dealkylation sites (tertiary alicyclic amines) is 1. The lowest BCUT2D eigenvalue weighted by molar-refractivity contribution is 0.132. The maximum atomic E-state index is 5.28. The summed E-state index contributed by atoms with van der Waals surface area (Å²) in [5, 5.41) is 11.4. The van der Waals surface area contributed by atoms with Crippen molar-refractivity contribution in [2.45, 2.75) is 52.3 Å². The van der Waals surface area contributed by atoms with Gasteiger partial charge in [-0.25, -0.2) is 4.98 Å². The van der Waals surface area contributed by atoms with Gasteiger partial charge in [0.05, 0.1) is 11.7 Å². The summed E-state index contributed by atoms with van der Waals surface area (Å²) in [5.41, 5.74) is 2.15. The lowest BCUT2D eigenvalue weighted by Crippen LogP contribution is -2.33. The minimum Gasteiger partial charge on any atom is -0.377 e. The molecule has 1 atom stereocenters. The van der Waals surface area contributed by atoms with E-state index in [1.165, 1.54) is 18.4 Å². The van der Waals surface area contributed by atoms with Crippen molar-refractivity contribution in [2.75, 3.05) is 13.7 Å². The standard InChI is InChI=1S/C15H23N5O2/c1-10-12(11(2)22-19-10)8-20-7-5-4-6-13(20)15-16-14(9-21-3)17-18-15/h13H,4-9H2,1-3H3,(H,16,17,18)/t13-/m1/s1. The summed E-state index contributed by atoms with van der Waals surface area (Å²) in [4.78, 5) is 7.00. The Kier molecular flexibility index (Phi) is 4.54. The van der Waals surface area contributed by atoms with Crippen LogP contribution in [-0.4, -0.2) is 38.9 Å². The third-order valence-corrected chi connectivity index (χ3v) is 4.28. The van der Waals surface area contributed by atoms with Crippen molar-refractivity contribution in [3.63, 3.8) is 0 Å². The Morgan fingerprint density at radius 3 is 2.95 bits per heavy atom. The summed E-state index contributed by atoms with van der Waals surface area (Å²) in [5.74, 6) is 2.54. The van der Waals surface area contributed by atoms with E-state index in [9.17, 15) is 0 Å². The summed E-state index contributed by atoms with van der Waals surface area (Å²) in [6, 6.07) is 0.240. The Morgan fingerprint density at radius 2 is 2.23 bits per heavy atom. The van der Waals surface area contributed by atoms with E-state index in [2.05, 4.69) is 25.2 Å². The van der Waals surface area contributed by atoms with Crippen molar-refractivity contribution in [2.24, 2.45) is 0 Å². The van der Waals surface area contributed by atoms with E-state index in [0.717, 1.165) is 42.6 Å². The van der Waals surface area contributed by atoms with Crippen LogP contribution in [-0.2, 0) is 17.9 Å². The molecule has 7 nitrogen and oxygen atoms in total. The van der Waals surface area contributed by atoms with E-state index in [4.69, 9.17) is 9.26 Å². The van der Waals surface area contributed by atoms with Gasteiger partial charge in [0.25, 0.3) is 0 Å². The zero-order valence-electron chi connectivity index (χ0n) is 13.4. The fraction of sp³-hybridized carbons (Fsp3) is 0.667. The van der Waals surface area contributed by atoms with Crippen molar-refractivity contribution in [1.82, 2.24) is 25.2 Å². The van der Waals surface area contributed by atoms with Crippen LogP contribution in [0.1, 0.15) is 54.0 Å². The van der Waals surface area contributed by atoms with Gasteiger partial charge in [-0.05, 0) is 33.2 Å². The molecule has 2 aromatic heterocycles. The van der Waals surface area contributed by atoms with Crippen molar-refractivity contribution in [3.05, 3.63) is 28.7 Å². The highest BCUT2D eigenvalue weighted by atomic mass is 16.5. The summed E-state index contributed by atoms with van der Waals surface area (Å²) in [7, 11) is 1.66. The van der Waals surface area contributed by atoms with Gasteiger partial charge in [0, 0.05) is 19.2 Å². The van der Waals surface area contributed by atoms with Crippen molar-refractivity contribution >= 4 is 0 Å². The minimum atomic E-state index is 0.240. The van der Waals surface area contributed by atoms with Crippen LogP contribution < -0.4 is 0 Å². The normalized spacial score (nSPS) is 19.7. The van der Waals surface area contributed by atoms with Gasteiger partial charge in [0.15, 0.2) is 11.6 Å². The van der Waals surface area contributed by atoms with Crippen molar-refractivity contribution < 1.29 is 9.26 Å². The molecule has 120 valence electrons. The van der Waals surface area contributed by atoms with Crippen LogP contribution in [0.3, 0.4) is 0 Å². The molecule has 0 aliphatic carbocycles. The zero-order valence-corrected chi connectivity index (χ0v) is 13.4. The highest BCUT2D eigenvalue weighted by Crippen LogP contribution is 2.31. The van der Waals surface area contributed by atoms with Gasteiger partial charge in [0.1, 0.15) is 12.4 Å². The SMILES string of the molecule is COCc1nc([C@H]2CCCCN2Cc2c(C)noc2C)n[nH]1. The molecule has 0 unspecified atom stereocenters.